The second kappa shape index (κ2) is 6.28. The van der Waals surface area contributed by atoms with Crippen LogP contribution < -0.4 is 10.0 Å². The van der Waals surface area contributed by atoms with E-state index < -0.39 is 10.0 Å². The van der Waals surface area contributed by atoms with Gasteiger partial charge in [0.2, 0.25) is 10.0 Å². The molecule has 0 saturated carbocycles. The minimum Gasteiger partial charge on any atom is -0.375 e. The first-order chi connectivity index (χ1) is 9.94. The zero-order valence-corrected chi connectivity index (χ0v) is 13.2. The molecule has 0 amide bonds. The lowest BCUT2D eigenvalue weighted by molar-refractivity contribution is 0.584. The normalized spacial score (nSPS) is 13.1. The highest BCUT2D eigenvalue weighted by molar-refractivity contribution is 7.89. The molecule has 2 aromatic rings. The summed E-state index contributed by atoms with van der Waals surface area (Å²) in [6, 6.07) is 6.71. The van der Waals surface area contributed by atoms with Crippen LogP contribution >= 0.6 is 0 Å². The summed E-state index contributed by atoms with van der Waals surface area (Å²) in [6.45, 7) is 4.13. The summed E-state index contributed by atoms with van der Waals surface area (Å²) in [7, 11) is -1.46. The van der Waals surface area contributed by atoms with Crippen molar-refractivity contribution in [2.45, 2.75) is 24.8 Å². The van der Waals surface area contributed by atoms with E-state index in [4.69, 9.17) is 0 Å². The second-order valence-corrected chi connectivity index (χ2v) is 6.56. The van der Waals surface area contributed by atoms with Gasteiger partial charge in [0.25, 0.3) is 0 Å². The van der Waals surface area contributed by atoms with E-state index in [9.17, 15) is 8.42 Å². The van der Waals surface area contributed by atoms with Crippen LogP contribution in [0.25, 0.3) is 0 Å². The molecule has 0 radical (unpaired) electrons. The van der Waals surface area contributed by atoms with Crippen LogP contribution in [0.2, 0.25) is 0 Å². The summed E-state index contributed by atoms with van der Waals surface area (Å²) in [6.07, 6.45) is 3.64. The number of hydrogen-bond acceptors (Lipinski definition) is 4. The van der Waals surface area contributed by atoms with E-state index in [1.807, 2.05) is 24.7 Å². The molecular weight excluding hydrogens is 288 g/mol. The van der Waals surface area contributed by atoms with Crippen LogP contribution in [0.15, 0.2) is 41.6 Å². The molecule has 0 aliphatic rings. The van der Waals surface area contributed by atoms with Gasteiger partial charge < -0.3 is 9.88 Å². The first-order valence-corrected chi connectivity index (χ1v) is 8.26. The fourth-order valence-electron chi connectivity index (χ4n) is 2.11. The maximum atomic E-state index is 11.9. The van der Waals surface area contributed by atoms with Crippen molar-refractivity contribution < 1.29 is 8.42 Å². The smallest absolute Gasteiger partial charge is 0.240 e. The molecule has 21 heavy (non-hydrogen) atoms. The number of benzene rings is 1. The first-order valence-electron chi connectivity index (χ1n) is 6.77. The Balaban J connectivity index is 2.11. The topological polar surface area (TPSA) is 76.0 Å². The van der Waals surface area contributed by atoms with Crippen molar-refractivity contribution in [1.29, 1.82) is 0 Å². The monoisotopic (exact) mass is 308 g/mol. The molecule has 2 N–H and O–H groups in total. The van der Waals surface area contributed by atoms with Gasteiger partial charge in [0.15, 0.2) is 0 Å². The Hall–Kier alpha value is -1.86. The van der Waals surface area contributed by atoms with Crippen LogP contribution in [-0.4, -0.2) is 24.5 Å². The highest BCUT2D eigenvalue weighted by Crippen LogP contribution is 2.19. The van der Waals surface area contributed by atoms with E-state index in [0.717, 1.165) is 11.5 Å². The zero-order valence-electron chi connectivity index (χ0n) is 12.4. The molecule has 114 valence electrons. The van der Waals surface area contributed by atoms with Crippen molar-refractivity contribution >= 4 is 15.7 Å². The molecule has 1 unspecified atom stereocenters. The van der Waals surface area contributed by atoms with E-state index in [-0.39, 0.29) is 10.9 Å². The van der Waals surface area contributed by atoms with Crippen molar-refractivity contribution in [3.63, 3.8) is 0 Å². The minimum absolute atomic E-state index is 0.0289. The number of hydrogen-bond donors (Lipinski definition) is 2. The van der Waals surface area contributed by atoms with Gasteiger partial charge in [-0.25, -0.2) is 18.1 Å². The molecule has 1 atom stereocenters. The summed E-state index contributed by atoms with van der Waals surface area (Å²) in [4.78, 5) is 4.55. The Morgan fingerprint density at radius 1 is 1.29 bits per heavy atom. The van der Waals surface area contributed by atoms with Crippen LogP contribution in [0, 0.1) is 0 Å². The minimum atomic E-state index is -3.40. The molecule has 1 heterocycles. The van der Waals surface area contributed by atoms with Crippen molar-refractivity contribution in [3.8, 4) is 0 Å². The van der Waals surface area contributed by atoms with E-state index in [0.29, 0.717) is 6.54 Å². The lowest BCUT2D eigenvalue weighted by Crippen LogP contribution is -2.23. The first kappa shape index (κ1) is 15.5. The summed E-state index contributed by atoms with van der Waals surface area (Å²) in [5, 5.41) is 3.30. The number of rotatable bonds is 6. The van der Waals surface area contributed by atoms with Crippen LogP contribution in [0.1, 0.15) is 25.7 Å². The maximum absolute atomic E-state index is 11.9. The van der Waals surface area contributed by atoms with Gasteiger partial charge in [-0.15, -0.1) is 0 Å². The average molecular weight is 308 g/mol. The van der Waals surface area contributed by atoms with E-state index in [2.05, 4.69) is 15.0 Å². The van der Waals surface area contributed by atoms with Gasteiger partial charge in [-0.2, -0.15) is 0 Å². The molecular formula is C14H20N4O2S. The number of nitrogens with zero attached hydrogens (tertiary/aromatic N) is 2. The Bertz CT molecular complexity index is 692. The zero-order chi connectivity index (χ0) is 15.5. The van der Waals surface area contributed by atoms with Crippen molar-refractivity contribution in [2.75, 3.05) is 11.9 Å². The third-order valence-electron chi connectivity index (χ3n) is 3.13. The fourth-order valence-corrected chi connectivity index (χ4v) is 3.15. The average Bonchev–Trinajstić information content (AvgIpc) is 2.85. The van der Waals surface area contributed by atoms with Crippen LogP contribution in [0.3, 0.4) is 0 Å². The van der Waals surface area contributed by atoms with E-state index in [1.54, 1.807) is 37.4 Å². The van der Waals surface area contributed by atoms with Gasteiger partial charge >= 0.3 is 0 Å². The Morgan fingerprint density at radius 3 is 2.48 bits per heavy atom. The van der Waals surface area contributed by atoms with E-state index in [1.165, 1.54) is 0 Å². The molecule has 6 nitrogen and oxygen atoms in total. The summed E-state index contributed by atoms with van der Waals surface area (Å²) >= 11 is 0. The number of aryl methyl sites for hydroxylation is 1. The number of anilines is 1. The largest absolute Gasteiger partial charge is 0.375 e. The molecule has 2 rings (SSSR count). The highest BCUT2D eigenvalue weighted by atomic mass is 32.2. The Morgan fingerprint density at radius 2 is 1.95 bits per heavy atom. The third kappa shape index (κ3) is 3.62. The molecule has 0 fully saturated rings. The molecule has 1 aromatic carbocycles. The summed E-state index contributed by atoms with van der Waals surface area (Å²) < 4.78 is 28.1. The second-order valence-electron chi connectivity index (χ2n) is 4.79. The molecule has 0 bridgehead atoms. The Labute approximate surface area is 125 Å². The van der Waals surface area contributed by atoms with Crippen molar-refractivity contribution in [1.82, 2.24) is 14.3 Å². The van der Waals surface area contributed by atoms with Crippen molar-refractivity contribution in [3.05, 3.63) is 42.5 Å². The van der Waals surface area contributed by atoms with Gasteiger partial charge in [0, 0.05) is 31.7 Å². The van der Waals surface area contributed by atoms with Crippen molar-refractivity contribution in [2.24, 2.45) is 7.05 Å². The fraction of sp³-hybridized carbons (Fsp3) is 0.357. The van der Waals surface area contributed by atoms with Crippen LogP contribution in [0.5, 0.6) is 0 Å². The molecule has 0 spiro atoms. The molecule has 1 aromatic heterocycles. The standard InChI is InChI=1S/C14H20N4O2S/c1-4-16-21(19,20)13-7-5-12(6-8-13)17-11(2)14-15-9-10-18(14)3/h5-11,16-17H,4H2,1-3H3. The predicted molar refractivity (Wildman–Crippen MR) is 82.6 cm³/mol. The number of nitrogens with one attached hydrogen (secondary N) is 2. The van der Waals surface area contributed by atoms with Gasteiger partial charge in [-0.05, 0) is 31.2 Å². The Kier molecular flexibility index (Phi) is 4.64. The molecule has 0 saturated heterocycles. The molecule has 0 aliphatic heterocycles. The van der Waals surface area contributed by atoms with Crippen LogP contribution in [-0.2, 0) is 17.1 Å². The number of aromatic nitrogens is 2. The van der Waals surface area contributed by atoms with Crippen LogP contribution in [0.4, 0.5) is 5.69 Å². The highest BCUT2D eigenvalue weighted by Gasteiger charge is 2.13. The number of sulfonamides is 1. The quantitative estimate of drug-likeness (QED) is 0.854. The van der Waals surface area contributed by atoms with E-state index >= 15 is 0 Å². The lowest BCUT2D eigenvalue weighted by Gasteiger charge is -2.15. The van der Waals surface area contributed by atoms with Gasteiger partial charge in [-0.3, -0.25) is 0 Å². The number of imidazole rings is 1. The summed E-state index contributed by atoms with van der Waals surface area (Å²) in [5.74, 6) is 0.916. The predicted octanol–water partition coefficient (Wildman–Crippen LogP) is 1.89. The molecule has 0 aliphatic carbocycles. The lowest BCUT2D eigenvalue weighted by atomic mass is 10.2. The van der Waals surface area contributed by atoms with Gasteiger partial charge in [-0.1, -0.05) is 6.92 Å². The maximum Gasteiger partial charge on any atom is 0.240 e. The molecule has 7 heteroatoms. The van der Waals surface area contributed by atoms with Gasteiger partial charge in [0.1, 0.15) is 5.82 Å². The third-order valence-corrected chi connectivity index (χ3v) is 4.69. The SMILES string of the molecule is CCNS(=O)(=O)c1ccc(NC(C)c2nccn2C)cc1. The summed E-state index contributed by atoms with van der Waals surface area (Å²) in [5.41, 5.74) is 0.848. The van der Waals surface area contributed by atoms with Gasteiger partial charge in [0.05, 0.1) is 10.9 Å².